The Morgan fingerprint density at radius 1 is 1.12 bits per heavy atom. The Morgan fingerprint density at radius 2 is 1.77 bits per heavy atom. The van der Waals surface area contributed by atoms with Gasteiger partial charge in [0.05, 0.1) is 11.9 Å². The van der Waals surface area contributed by atoms with E-state index in [2.05, 4.69) is 0 Å². The monoisotopic (exact) mass is 394 g/mol. The summed E-state index contributed by atoms with van der Waals surface area (Å²) in [5.74, 6) is -0.265. The number of hydrogen-bond donors (Lipinski definition) is 0. The van der Waals surface area contributed by atoms with Gasteiger partial charge >= 0.3 is 0 Å². The molecular weight excluding hydrogens is 372 g/mol. The molecule has 0 atom stereocenters. The average Bonchev–Trinajstić information content (AvgIpc) is 2.59. The third kappa shape index (κ3) is 5.22. The van der Waals surface area contributed by atoms with Gasteiger partial charge in [-0.1, -0.05) is 48.0 Å². The topological polar surface area (TPSA) is 57.7 Å². The summed E-state index contributed by atoms with van der Waals surface area (Å²) >= 11 is 6.12. The van der Waals surface area contributed by atoms with E-state index in [0.29, 0.717) is 23.8 Å². The van der Waals surface area contributed by atoms with Gasteiger partial charge in [-0.05, 0) is 37.1 Å². The number of anilines is 1. The summed E-state index contributed by atoms with van der Waals surface area (Å²) in [6, 6.07) is 14.6. The standard InChI is InChI=1S/C19H23ClN2O3S/c1-4-21(13-16-8-6-5-7-9-16)19(23)14-22(26(3,24)25)17-11-10-15(2)18(20)12-17/h5-12H,4,13-14H2,1-3H3. The number of hydrogen-bond acceptors (Lipinski definition) is 3. The van der Waals surface area contributed by atoms with Crippen LogP contribution >= 0.6 is 11.6 Å². The van der Waals surface area contributed by atoms with E-state index < -0.39 is 10.0 Å². The molecule has 2 aromatic rings. The van der Waals surface area contributed by atoms with Crippen LogP contribution in [0.4, 0.5) is 5.69 Å². The third-order valence-electron chi connectivity index (χ3n) is 4.07. The highest BCUT2D eigenvalue weighted by molar-refractivity contribution is 7.92. The highest BCUT2D eigenvalue weighted by atomic mass is 35.5. The number of carbonyl (C=O) groups is 1. The summed E-state index contributed by atoms with van der Waals surface area (Å²) in [7, 11) is -3.63. The van der Waals surface area contributed by atoms with Crippen molar-refractivity contribution in [2.45, 2.75) is 20.4 Å². The van der Waals surface area contributed by atoms with Gasteiger partial charge in [0, 0.05) is 18.1 Å². The second kappa shape index (κ2) is 8.56. The van der Waals surface area contributed by atoms with Gasteiger partial charge in [-0.3, -0.25) is 9.10 Å². The third-order valence-corrected chi connectivity index (χ3v) is 5.62. The molecule has 0 fully saturated rings. The molecule has 0 saturated carbocycles. The first-order valence-corrected chi connectivity index (χ1v) is 10.5. The molecule has 0 aromatic heterocycles. The number of rotatable bonds is 7. The van der Waals surface area contributed by atoms with Crippen LogP contribution in [0.1, 0.15) is 18.1 Å². The van der Waals surface area contributed by atoms with Crippen LogP contribution in [-0.4, -0.2) is 38.6 Å². The molecule has 0 spiro atoms. The molecule has 2 aromatic carbocycles. The van der Waals surface area contributed by atoms with Crippen molar-refractivity contribution >= 4 is 33.2 Å². The zero-order valence-corrected chi connectivity index (χ0v) is 16.7. The van der Waals surface area contributed by atoms with Crippen molar-refractivity contribution in [1.29, 1.82) is 0 Å². The summed E-state index contributed by atoms with van der Waals surface area (Å²) < 4.78 is 25.6. The Hall–Kier alpha value is -2.05. The van der Waals surface area contributed by atoms with Crippen LogP contribution in [0.2, 0.25) is 5.02 Å². The second-order valence-electron chi connectivity index (χ2n) is 6.10. The maximum Gasteiger partial charge on any atom is 0.243 e. The zero-order chi connectivity index (χ0) is 19.3. The van der Waals surface area contributed by atoms with Gasteiger partial charge in [0.15, 0.2) is 0 Å². The van der Waals surface area contributed by atoms with Crippen molar-refractivity contribution in [1.82, 2.24) is 4.90 Å². The van der Waals surface area contributed by atoms with E-state index in [4.69, 9.17) is 11.6 Å². The number of benzene rings is 2. The molecule has 0 radical (unpaired) electrons. The summed E-state index contributed by atoms with van der Waals surface area (Å²) in [6.07, 6.45) is 1.08. The molecule has 0 heterocycles. The molecule has 140 valence electrons. The Kier molecular flexibility index (Phi) is 6.67. The van der Waals surface area contributed by atoms with Gasteiger partial charge in [-0.2, -0.15) is 0 Å². The van der Waals surface area contributed by atoms with E-state index in [9.17, 15) is 13.2 Å². The molecule has 0 aliphatic rings. The van der Waals surface area contributed by atoms with E-state index in [1.54, 1.807) is 23.1 Å². The number of halogens is 1. The van der Waals surface area contributed by atoms with Crippen LogP contribution in [0.25, 0.3) is 0 Å². The predicted octanol–water partition coefficient (Wildman–Crippen LogP) is 3.46. The van der Waals surface area contributed by atoms with Gasteiger partial charge in [0.2, 0.25) is 15.9 Å². The maximum absolute atomic E-state index is 12.7. The molecule has 0 aliphatic heterocycles. The SMILES string of the molecule is CCN(Cc1ccccc1)C(=O)CN(c1ccc(C)c(Cl)c1)S(C)(=O)=O. The second-order valence-corrected chi connectivity index (χ2v) is 8.41. The lowest BCUT2D eigenvalue weighted by Gasteiger charge is -2.27. The normalized spacial score (nSPS) is 11.2. The van der Waals surface area contributed by atoms with Gasteiger partial charge in [-0.25, -0.2) is 8.42 Å². The van der Waals surface area contributed by atoms with E-state index in [0.717, 1.165) is 21.7 Å². The quantitative estimate of drug-likeness (QED) is 0.722. The predicted molar refractivity (Wildman–Crippen MR) is 106 cm³/mol. The van der Waals surface area contributed by atoms with Crippen molar-refractivity contribution in [2.75, 3.05) is 23.7 Å². The zero-order valence-electron chi connectivity index (χ0n) is 15.1. The molecule has 0 aliphatic carbocycles. The van der Waals surface area contributed by atoms with E-state index >= 15 is 0 Å². The van der Waals surface area contributed by atoms with Crippen molar-refractivity contribution in [3.05, 3.63) is 64.7 Å². The smallest absolute Gasteiger partial charge is 0.243 e. The molecule has 5 nitrogen and oxygen atoms in total. The summed E-state index contributed by atoms with van der Waals surface area (Å²) in [5.41, 5.74) is 2.22. The van der Waals surface area contributed by atoms with Gasteiger partial charge in [0.25, 0.3) is 0 Å². The molecular formula is C19H23ClN2O3S. The van der Waals surface area contributed by atoms with Crippen LogP contribution in [0.3, 0.4) is 0 Å². The van der Waals surface area contributed by atoms with Crippen molar-refractivity contribution in [3.63, 3.8) is 0 Å². The summed E-state index contributed by atoms with van der Waals surface area (Å²) in [5, 5.41) is 0.459. The van der Waals surface area contributed by atoms with Crippen molar-refractivity contribution in [3.8, 4) is 0 Å². The van der Waals surface area contributed by atoms with E-state index in [1.165, 1.54) is 0 Å². The van der Waals surface area contributed by atoms with E-state index in [1.807, 2.05) is 44.2 Å². The summed E-state index contributed by atoms with van der Waals surface area (Å²) in [6.45, 7) is 4.36. The highest BCUT2D eigenvalue weighted by Gasteiger charge is 2.24. The Balaban J connectivity index is 2.24. The maximum atomic E-state index is 12.7. The lowest BCUT2D eigenvalue weighted by atomic mass is 10.2. The Morgan fingerprint density at radius 3 is 2.31 bits per heavy atom. The molecule has 0 bridgehead atoms. The van der Waals surface area contributed by atoms with Crippen molar-refractivity contribution < 1.29 is 13.2 Å². The number of sulfonamides is 1. The molecule has 7 heteroatoms. The van der Waals surface area contributed by atoms with Crippen molar-refractivity contribution in [2.24, 2.45) is 0 Å². The fourth-order valence-corrected chi connectivity index (χ4v) is 3.56. The van der Waals surface area contributed by atoms with Crippen LogP contribution < -0.4 is 4.31 Å². The minimum atomic E-state index is -3.63. The largest absolute Gasteiger partial charge is 0.337 e. The minimum Gasteiger partial charge on any atom is -0.337 e. The molecule has 1 amide bonds. The summed E-state index contributed by atoms with van der Waals surface area (Å²) in [4.78, 5) is 14.4. The van der Waals surface area contributed by atoms with Crippen LogP contribution in [0, 0.1) is 6.92 Å². The van der Waals surface area contributed by atoms with Crippen LogP contribution in [0.15, 0.2) is 48.5 Å². The van der Waals surface area contributed by atoms with Gasteiger partial charge in [0.1, 0.15) is 6.54 Å². The molecule has 0 unspecified atom stereocenters. The van der Waals surface area contributed by atoms with Crippen LogP contribution in [-0.2, 0) is 21.4 Å². The average molecular weight is 395 g/mol. The Labute approximate surface area is 160 Å². The van der Waals surface area contributed by atoms with Gasteiger partial charge < -0.3 is 4.90 Å². The first kappa shape index (κ1) is 20.3. The fraction of sp³-hybridized carbons (Fsp3) is 0.316. The number of carbonyl (C=O) groups excluding carboxylic acids is 1. The first-order chi connectivity index (χ1) is 12.2. The highest BCUT2D eigenvalue weighted by Crippen LogP contribution is 2.25. The molecule has 0 saturated heterocycles. The van der Waals surface area contributed by atoms with E-state index in [-0.39, 0.29) is 12.5 Å². The molecule has 2 rings (SSSR count). The first-order valence-electron chi connectivity index (χ1n) is 8.28. The molecule has 26 heavy (non-hydrogen) atoms. The molecule has 0 N–H and O–H groups in total. The lowest BCUT2D eigenvalue weighted by Crippen LogP contribution is -2.42. The van der Waals surface area contributed by atoms with Gasteiger partial charge in [-0.15, -0.1) is 0 Å². The number of likely N-dealkylation sites (N-methyl/N-ethyl adjacent to an activating group) is 1. The fourth-order valence-electron chi connectivity index (χ4n) is 2.54. The van der Waals surface area contributed by atoms with Crippen LogP contribution in [0.5, 0.6) is 0 Å². The Bertz CT molecular complexity index is 870. The number of nitrogens with zero attached hydrogens (tertiary/aromatic N) is 2. The lowest BCUT2D eigenvalue weighted by molar-refractivity contribution is -0.129. The number of amides is 1. The number of aryl methyl sites for hydroxylation is 1. The minimum absolute atomic E-state index is 0.265.